The fraction of sp³-hybridized carbons (Fsp3) is 0.750. The summed E-state index contributed by atoms with van der Waals surface area (Å²) >= 11 is 5.86. The summed E-state index contributed by atoms with van der Waals surface area (Å²) in [6, 6.07) is 0. The van der Waals surface area contributed by atoms with Crippen LogP contribution in [-0.4, -0.2) is 16.0 Å². The average molecular weight is 202 g/mol. The number of nitrogens with zero attached hydrogens (tertiary/aromatic N) is 2. The van der Waals surface area contributed by atoms with E-state index < -0.39 is 0 Å². The van der Waals surface area contributed by atoms with Crippen LogP contribution in [-0.2, 0) is 12.8 Å². The fourth-order valence-electron chi connectivity index (χ4n) is 0.917. The third-order valence-electron chi connectivity index (χ3n) is 1.42. The van der Waals surface area contributed by atoms with Crippen molar-refractivity contribution >= 4 is 24.0 Å². The third kappa shape index (κ3) is 3.11. The molecule has 0 aliphatic heterocycles. The normalized spacial score (nSPS) is 11.0. The molecule has 0 amide bonds. The van der Waals surface area contributed by atoms with Gasteiger partial charge in [-0.1, -0.05) is 13.8 Å². The molecule has 1 aromatic rings. The maximum atomic E-state index is 4.15. The summed E-state index contributed by atoms with van der Waals surface area (Å²) in [5, 5.41) is 10.5. The van der Waals surface area contributed by atoms with Gasteiger partial charge in [0.05, 0.1) is 0 Å². The Balaban J connectivity index is 2.52. The topological polar surface area (TPSA) is 25.8 Å². The van der Waals surface area contributed by atoms with Crippen LogP contribution in [0.2, 0.25) is 0 Å². The molecule has 0 saturated carbocycles. The predicted molar refractivity (Wildman–Crippen MR) is 56.0 cm³/mol. The smallest absolute Gasteiger partial charge is 0.118 e. The number of aryl methyl sites for hydroxylation is 1. The zero-order valence-corrected chi connectivity index (χ0v) is 9.16. The lowest BCUT2D eigenvalue weighted by Crippen LogP contribution is -1.92. The highest BCUT2D eigenvalue weighted by Crippen LogP contribution is 2.14. The van der Waals surface area contributed by atoms with E-state index in [2.05, 4.69) is 36.7 Å². The summed E-state index contributed by atoms with van der Waals surface area (Å²) in [6.07, 6.45) is 1.99. The summed E-state index contributed by atoms with van der Waals surface area (Å²) in [5.41, 5.74) is 0. The van der Waals surface area contributed by atoms with E-state index in [1.165, 1.54) is 0 Å². The van der Waals surface area contributed by atoms with Gasteiger partial charge >= 0.3 is 0 Å². The Morgan fingerprint density at radius 2 is 2.00 bits per heavy atom. The van der Waals surface area contributed by atoms with E-state index in [0.717, 1.165) is 28.6 Å². The van der Waals surface area contributed by atoms with E-state index in [4.69, 9.17) is 0 Å². The fourth-order valence-corrected chi connectivity index (χ4v) is 2.34. The quantitative estimate of drug-likeness (QED) is 0.758. The largest absolute Gasteiger partial charge is 0.179 e. The third-order valence-corrected chi connectivity index (χ3v) is 2.65. The van der Waals surface area contributed by atoms with Crippen molar-refractivity contribution in [3.63, 3.8) is 0 Å². The summed E-state index contributed by atoms with van der Waals surface area (Å²) in [6.45, 7) is 4.39. The molecule has 1 heterocycles. The van der Waals surface area contributed by atoms with Gasteiger partial charge in [0.1, 0.15) is 10.0 Å². The Labute approximate surface area is 82.8 Å². The minimum atomic E-state index is 0.668. The molecule has 12 heavy (non-hydrogen) atoms. The summed E-state index contributed by atoms with van der Waals surface area (Å²) < 4.78 is 0. The molecule has 0 unspecified atom stereocenters. The second kappa shape index (κ2) is 4.82. The molecule has 0 saturated heterocycles. The molecule has 0 fully saturated rings. The van der Waals surface area contributed by atoms with Gasteiger partial charge < -0.3 is 0 Å². The van der Waals surface area contributed by atoms with Crippen LogP contribution in [0.4, 0.5) is 0 Å². The van der Waals surface area contributed by atoms with E-state index in [1.807, 2.05) is 0 Å². The van der Waals surface area contributed by atoms with Crippen LogP contribution in [0.3, 0.4) is 0 Å². The molecule has 0 spiro atoms. The lowest BCUT2D eigenvalue weighted by Gasteiger charge is -1.96. The predicted octanol–water partition coefficient (Wildman–Crippen LogP) is 2.21. The van der Waals surface area contributed by atoms with Crippen molar-refractivity contribution in [1.29, 1.82) is 0 Å². The minimum Gasteiger partial charge on any atom is -0.179 e. The van der Waals surface area contributed by atoms with Gasteiger partial charge in [-0.05, 0) is 11.7 Å². The van der Waals surface area contributed by atoms with E-state index in [0.29, 0.717) is 5.92 Å². The van der Waals surface area contributed by atoms with Crippen LogP contribution in [0, 0.1) is 5.92 Å². The van der Waals surface area contributed by atoms with Crippen molar-refractivity contribution in [2.45, 2.75) is 26.7 Å². The molecule has 4 heteroatoms. The second-order valence-electron chi connectivity index (χ2n) is 3.16. The first-order valence-corrected chi connectivity index (χ1v) is 5.59. The van der Waals surface area contributed by atoms with Crippen molar-refractivity contribution in [2.75, 3.05) is 5.75 Å². The van der Waals surface area contributed by atoms with Crippen molar-refractivity contribution < 1.29 is 0 Å². The molecule has 0 aliphatic rings. The molecule has 0 aromatic carbocycles. The molecular weight excluding hydrogens is 188 g/mol. The van der Waals surface area contributed by atoms with Crippen LogP contribution in [0.15, 0.2) is 0 Å². The van der Waals surface area contributed by atoms with Crippen LogP contribution < -0.4 is 0 Å². The molecular formula is C8H14N2S2. The first-order chi connectivity index (χ1) is 5.72. The molecule has 0 aliphatic carbocycles. The summed E-state index contributed by atoms with van der Waals surface area (Å²) in [5.74, 6) is 1.53. The van der Waals surface area contributed by atoms with E-state index in [-0.39, 0.29) is 0 Å². The van der Waals surface area contributed by atoms with E-state index >= 15 is 0 Å². The van der Waals surface area contributed by atoms with Gasteiger partial charge in [-0.25, -0.2) is 0 Å². The lowest BCUT2D eigenvalue weighted by atomic mass is 10.1. The lowest BCUT2D eigenvalue weighted by molar-refractivity contribution is 0.639. The Hall–Kier alpha value is -0.0900. The number of aromatic nitrogens is 2. The monoisotopic (exact) mass is 202 g/mol. The summed E-state index contributed by atoms with van der Waals surface area (Å²) in [4.78, 5) is 0. The molecule has 0 radical (unpaired) electrons. The first kappa shape index (κ1) is 9.99. The molecule has 0 N–H and O–H groups in total. The molecule has 0 bridgehead atoms. The molecule has 1 rings (SSSR count). The maximum absolute atomic E-state index is 4.15. The van der Waals surface area contributed by atoms with Gasteiger partial charge in [-0.2, -0.15) is 12.6 Å². The van der Waals surface area contributed by atoms with Crippen molar-refractivity contribution in [1.82, 2.24) is 10.2 Å². The Morgan fingerprint density at radius 3 is 2.58 bits per heavy atom. The van der Waals surface area contributed by atoms with Crippen LogP contribution in [0.1, 0.15) is 23.9 Å². The highest BCUT2D eigenvalue weighted by molar-refractivity contribution is 7.80. The molecule has 2 nitrogen and oxygen atoms in total. The van der Waals surface area contributed by atoms with Crippen LogP contribution in [0.25, 0.3) is 0 Å². The highest BCUT2D eigenvalue weighted by Gasteiger charge is 2.04. The molecule has 0 atom stereocenters. The molecule has 1 aromatic heterocycles. The van der Waals surface area contributed by atoms with Crippen LogP contribution in [0.5, 0.6) is 0 Å². The van der Waals surface area contributed by atoms with E-state index in [9.17, 15) is 0 Å². The second-order valence-corrected chi connectivity index (χ2v) is 4.75. The van der Waals surface area contributed by atoms with Crippen molar-refractivity contribution in [3.05, 3.63) is 10.0 Å². The number of thiol groups is 1. The SMILES string of the molecule is CC(C)Cc1nnc(CCS)s1. The van der Waals surface area contributed by atoms with Gasteiger partial charge in [0.15, 0.2) is 0 Å². The maximum Gasteiger partial charge on any atom is 0.118 e. The first-order valence-electron chi connectivity index (χ1n) is 4.14. The average Bonchev–Trinajstić information content (AvgIpc) is 2.36. The van der Waals surface area contributed by atoms with Gasteiger partial charge in [0.25, 0.3) is 0 Å². The van der Waals surface area contributed by atoms with Crippen LogP contribution >= 0.6 is 24.0 Å². The Bertz CT molecular complexity index is 233. The Morgan fingerprint density at radius 1 is 1.33 bits per heavy atom. The molecule has 68 valence electrons. The summed E-state index contributed by atoms with van der Waals surface area (Å²) in [7, 11) is 0. The minimum absolute atomic E-state index is 0.668. The number of hydrogen-bond donors (Lipinski definition) is 1. The van der Waals surface area contributed by atoms with Gasteiger partial charge in [0.2, 0.25) is 0 Å². The zero-order chi connectivity index (χ0) is 8.97. The van der Waals surface area contributed by atoms with Crippen molar-refractivity contribution in [3.8, 4) is 0 Å². The standard InChI is InChI=1S/C8H14N2S2/c1-6(2)5-8-10-9-7(12-8)3-4-11/h6,11H,3-5H2,1-2H3. The zero-order valence-electron chi connectivity index (χ0n) is 7.45. The Kier molecular flexibility index (Phi) is 4.01. The number of rotatable bonds is 4. The van der Waals surface area contributed by atoms with Gasteiger partial charge in [0, 0.05) is 12.8 Å². The highest BCUT2D eigenvalue weighted by atomic mass is 32.1. The number of hydrogen-bond acceptors (Lipinski definition) is 4. The van der Waals surface area contributed by atoms with Gasteiger partial charge in [-0.3, -0.25) is 0 Å². The van der Waals surface area contributed by atoms with E-state index in [1.54, 1.807) is 11.3 Å². The van der Waals surface area contributed by atoms with Crippen molar-refractivity contribution in [2.24, 2.45) is 5.92 Å². The van der Waals surface area contributed by atoms with Gasteiger partial charge in [-0.15, -0.1) is 21.5 Å².